The zero-order chi connectivity index (χ0) is 36.0. The van der Waals surface area contributed by atoms with Gasteiger partial charge in [-0.15, -0.1) is 0 Å². The number of nitrogens with zero attached hydrogens (tertiary/aromatic N) is 4. The van der Waals surface area contributed by atoms with Crippen LogP contribution in [0.4, 0.5) is 0 Å². The van der Waals surface area contributed by atoms with E-state index in [4.69, 9.17) is 9.97 Å². The number of rotatable bonds is 4. The first-order valence-corrected chi connectivity index (χ1v) is 19.4. The van der Waals surface area contributed by atoms with E-state index in [1.54, 1.807) is 11.8 Å². The Labute approximate surface area is 321 Å². The van der Waals surface area contributed by atoms with E-state index in [-0.39, 0.29) is 0 Å². The third kappa shape index (κ3) is 4.60. The van der Waals surface area contributed by atoms with Gasteiger partial charge in [-0.1, -0.05) is 133 Å². The van der Waals surface area contributed by atoms with Crippen LogP contribution in [0.15, 0.2) is 192 Å². The van der Waals surface area contributed by atoms with Crippen molar-refractivity contribution >= 4 is 66.3 Å². The number of aromatic nitrogens is 4. The molecule has 0 unspecified atom stereocenters. The van der Waals surface area contributed by atoms with Crippen LogP contribution in [-0.2, 0) is 0 Å². The standard InChI is InChI=1S/C50H30N4S/c1-2-12-31(13-3-1)32-14-10-15-35(28-32)53-42-20-7-4-16-36(42)38-26-24-34(30-45(38)53)33-25-27-44-40(29-33)37-17-5-8-21-43(37)54(44)50-51-41-19-11-23-47-48(41)49(52-50)39-18-6-9-22-46(39)55-47/h1-30H. The van der Waals surface area contributed by atoms with Crippen molar-refractivity contribution in [2.75, 3.05) is 0 Å². The molecule has 0 atom stereocenters. The van der Waals surface area contributed by atoms with Crippen LogP contribution >= 0.6 is 11.8 Å². The third-order valence-corrected chi connectivity index (χ3v) is 12.3. The molecule has 0 fully saturated rings. The maximum absolute atomic E-state index is 5.35. The maximum Gasteiger partial charge on any atom is 0.235 e. The number of para-hydroxylation sites is 2. The number of benzene rings is 8. The first-order valence-electron chi connectivity index (χ1n) is 18.6. The van der Waals surface area contributed by atoms with Crippen molar-refractivity contribution in [1.82, 2.24) is 19.1 Å². The normalized spacial score (nSPS) is 12.3. The van der Waals surface area contributed by atoms with E-state index >= 15 is 0 Å². The zero-order valence-electron chi connectivity index (χ0n) is 29.5. The van der Waals surface area contributed by atoms with Gasteiger partial charge in [-0.3, -0.25) is 4.57 Å². The molecule has 0 saturated carbocycles. The summed E-state index contributed by atoms with van der Waals surface area (Å²) < 4.78 is 4.65. The molecule has 0 N–H and O–H groups in total. The van der Waals surface area contributed by atoms with Gasteiger partial charge in [0.2, 0.25) is 5.95 Å². The van der Waals surface area contributed by atoms with Gasteiger partial charge < -0.3 is 4.57 Å². The molecule has 8 aromatic carbocycles. The molecule has 0 bridgehead atoms. The summed E-state index contributed by atoms with van der Waals surface area (Å²) in [6, 6.07) is 65.5. The summed E-state index contributed by atoms with van der Waals surface area (Å²) in [5.41, 5.74) is 13.5. The minimum absolute atomic E-state index is 0.684. The van der Waals surface area contributed by atoms with Crippen LogP contribution in [0.1, 0.15) is 0 Å². The van der Waals surface area contributed by atoms with Crippen molar-refractivity contribution < 1.29 is 0 Å². The molecule has 0 spiro atoms. The Hall–Kier alpha value is -6.95. The van der Waals surface area contributed by atoms with Crippen LogP contribution in [0.25, 0.3) is 99.7 Å². The number of hydrogen-bond donors (Lipinski definition) is 0. The fourth-order valence-corrected chi connectivity index (χ4v) is 9.75. The fourth-order valence-electron chi connectivity index (χ4n) is 8.64. The molecule has 3 aromatic heterocycles. The van der Waals surface area contributed by atoms with Gasteiger partial charge >= 0.3 is 0 Å². The lowest BCUT2D eigenvalue weighted by molar-refractivity contribution is 1.01. The van der Waals surface area contributed by atoms with Crippen molar-refractivity contribution in [3.05, 3.63) is 182 Å². The smallest absolute Gasteiger partial charge is 0.235 e. The van der Waals surface area contributed by atoms with Gasteiger partial charge in [0.15, 0.2) is 0 Å². The summed E-state index contributed by atoms with van der Waals surface area (Å²) in [5, 5.41) is 5.95. The van der Waals surface area contributed by atoms with Gasteiger partial charge in [0.1, 0.15) is 0 Å². The minimum Gasteiger partial charge on any atom is -0.309 e. The predicted octanol–water partition coefficient (Wildman–Crippen LogP) is 13.3. The SMILES string of the molecule is c1ccc(-c2cccc(-n3c4ccccc4c4ccc(-c5ccc6c(c5)c5ccccc5n6-c5nc6c7c(cccc7n5)Sc5ccccc5-6)cc43)c2)cc1. The summed E-state index contributed by atoms with van der Waals surface area (Å²) >= 11 is 1.80. The second kappa shape index (κ2) is 11.8. The summed E-state index contributed by atoms with van der Waals surface area (Å²) in [5.74, 6) is 0.684. The molecule has 12 rings (SSSR count). The third-order valence-electron chi connectivity index (χ3n) is 11.1. The molecule has 5 heteroatoms. The Kier molecular flexibility index (Phi) is 6.53. The zero-order valence-corrected chi connectivity index (χ0v) is 30.3. The maximum atomic E-state index is 5.35. The molecule has 0 radical (unpaired) electrons. The van der Waals surface area contributed by atoms with E-state index in [0.717, 1.165) is 44.4 Å². The summed E-state index contributed by atoms with van der Waals surface area (Å²) in [7, 11) is 0. The van der Waals surface area contributed by atoms with Gasteiger partial charge in [-0.2, -0.15) is 0 Å². The summed E-state index contributed by atoms with van der Waals surface area (Å²) in [6.07, 6.45) is 0. The molecule has 4 nitrogen and oxygen atoms in total. The first kappa shape index (κ1) is 30.5. The van der Waals surface area contributed by atoms with Gasteiger partial charge in [0.25, 0.3) is 0 Å². The quantitative estimate of drug-likeness (QED) is 0.182. The van der Waals surface area contributed by atoms with Gasteiger partial charge in [0, 0.05) is 48.0 Å². The van der Waals surface area contributed by atoms with Crippen LogP contribution in [-0.4, -0.2) is 19.1 Å². The van der Waals surface area contributed by atoms with Gasteiger partial charge in [-0.05, 0) is 82.9 Å². The van der Waals surface area contributed by atoms with Crippen LogP contribution in [0, 0.1) is 0 Å². The van der Waals surface area contributed by atoms with Crippen molar-refractivity contribution in [3.8, 4) is 45.1 Å². The molecule has 55 heavy (non-hydrogen) atoms. The lowest BCUT2D eigenvalue weighted by Gasteiger charge is -2.20. The highest BCUT2D eigenvalue weighted by atomic mass is 32.2. The van der Waals surface area contributed by atoms with Crippen molar-refractivity contribution in [2.45, 2.75) is 9.79 Å². The molecule has 0 aliphatic carbocycles. The van der Waals surface area contributed by atoms with Crippen LogP contribution < -0.4 is 0 Å². The van der Waals surface area contributed by atoms with Gasteiger partial charge in [-0.25, -0.2) is 9.97 Å². The predicted molar refractivity (Wildman–Crippen MR) is 229 cm³/mol. The van der Waals surface area contributed by atoms with E-state index in [0.29, 0.717) is 5.95 Å². The lowest BCUT2D eigenvalue weighted by atomic mass is 10.0. The van der Waals surface area contributed by atoms with Crippen molar-refractivity contribution in [1.29, 1.82) is 0 Å². The molecular formula is C50H30N4S. The largest absolute Gasteiger partial charge is 0.309 e. The minimum atomic E-state index is 0.684. The lowest BCUT2D eigenvalue weighted by Crippen LogP contribution is -2.05. The Morgan fingerprint density at radius 3 is 1.91 bits per heavy atom. The second-order valence-electron chi connectivity index (χ2n) is 14.2. The second-order valence-corrected chi connectivity index (χ2v) is 15.3. The Morgan fingerprint density at radius 2 is 1.02 bits per heavy atom. The van der Waals surface area contributed by atoms with E-state index in [9.17, 15) is 0 Å². The van der Waals surface area contributed by atoms with Crippen molar-refractivity contribution in [2.24, 2.45) is 0 Å². The number of fused-ring (bicyclic) bond motifs is 8. The van der Waals surface area contributed by atoms with Gasteiger partial charge in [0.05, 0.1) is 33.3 Å². The molecule has 0 saturated heterocycles. The topological polar surface area (TPSA) is 35.6 Å². The molecule has 256 valence electrons. The molecule has 0 amide bonds. The summed E-state index contributed by atoms with van der Waals surface area (Å²) in [4.78, 5) is 13.0. The Morgan fingerprint density at radius 1 is 0.382 bits per heavy atom. The van der Waals surface area contributed by atoms with E-state index < -0.39 is 0 Å². The highest BCUT2D eigenvalue weighted by Gasteiger charge is 2.24. The van der Waals surface area contributed by atoms with Crippen molar-refractivity contribution in [3.63, 3.8) is 0 Å². The van der Waals surface area contributed by atoms with E-state index in [1.807, 2.05) is 0 Å². The number of hydrogen-bond acceptors (Lipinski definition) is 3. The highest BCUT2D eigenvalue weighted by Crippen LogP contribution is 2.47. The molecule has 1 aliphatic heterocycles. The molecule has 1 aliphatic rings. The Balaban J connectivity index is 1.05. The molecular weight excluding hydrogens is 689 g/mol. The Bertz CT molecular complexity index is 3360. The average Bonchev–Trinajstić information content (AvgIpc) is 3.76. The monoisotopic (exact) mass is 718 g/mol. The van der Waals surface area contributed by atoms with Crippen LogP contribution in [0.5, 0.6) is 0 Å². The fraction of sp³-hybridized carbons (Fsp3) is 0. The highest BCUT2D eigenvalue weighted by molar-refractivity contribution is 7.99. The average molecular weight is 719 g/mol. The van der Waals surface area contributed by atoms with E-state index in [1.165, 1.54) is 59.1 Å². The van der Waals surface area contributed by atoms with Crippen LogP contribution in [0.3, 0.4) is 0 Å². The first-order chi connectivity index (χ1) is 27.3. The summed E-state index contributed by atoms with van der Waals surface area (Å²) in [6.45, 7) is 0. The van der Waals surface area contributed by atoms with Crippen LogP contribution in [0.2, 0.25) is 0 Å². The molecule has 4 heterocycles. The van der Waals surface area contributed by atoms with E-state index in [2.05, 4.69) is 191 Å². The molecule has 11 aromatic rings.